The molecule has 0 saturated carbocycles. The molecule has 29 heavy (non-hydrogen) atoms. The van der Waals surface area contributed by atoms with E-state index in [2.05, 4.69) is 5.10 Å². The number of amides is 1. The molecule has 1 fully saturated rings. The van der Waals surface area contributed by atoms with Crippen LogP contribution in [-0.4, -0.2) is 37.4 Å². The molecule has 6 nitrogen and oxygen atoms in total. The number of hydrogen-bond donors (Lipinski definition) is 0. The molecule has 1 saturated heterocycles. The number of benzene rings is 1. The molecule has 0 atom stereocenters. The molecule has 0 radical (unpaired) electrons. The third-order valence-corrected chi connectivity index (χ3v) is 6.20. The van der Waals surface area contributed by atoms with Gasteiger partial charge in [0.05, 0.1) is 16.3 Å². The van der Waals surface area contributed by atoms with Crippen molar-refractivity contribution in [3.8, 4) is 5.69 Å². The van der Waals surface area contributed by atoms with E-state index in [0.29, 0.717) is 51.4 Å². The highest BCUT2D eigenvalue weighted by molar-refractivity contribution is 8.26. The fourth-order valence-electron chi connectivity index (χ4n) is 2.96. The van der Waals surface area contributed by atoms with Gasteiger partial charge < -0.3 is 9.90 Å². The second kappa shape index (κ2) is 9.56. The summed E-state index contributed by atoms with van der Waals surface area (Å²) in [5.41, 5.74) is 2.24. The van der Waals surface area contributed by atoms with Gasteiger partial charge in [-0.3, -0.25) is 9.69 Å². The first kappa shape index (κ1) is 21.5. The van der Waals surface area contributed by atoms with Crippen LogP contribution < -0.4 is 5.11 Å². The van der Waals surface area contributed by atoms with Gasteiger partial charge in [0.1, 0.15) is 9.47 Å². The molecule has 3 rings (SSSR count). The molecular weight excluding hydrogens is 430 g/mol. The van der Waals surface area contributed by atoms with E-state index in [-0.39, 0.29) is 12.3 Å². The minimum absolute atomic E-state index is 0.0292. The third-order valence-electron chi connectivity index (χ3n) is 4.46. The molecule has 2 aromatic rings. The Morgan fingerprint density at radius 2 is 2.00 bits per heavy atom. The zero-order valence-corrected chi connectivity index (χ0v) is 18.1. The number of aryl methyl sites for hydroxylation is 1. The number of halogens is 1. The number of aliphatic carboxylic acids is 1. The van der Waals surface area contributed by atoms with Gasteiger partial charge in [0.25, 0.3) is 5.91 Å². The van der Waals surface area contributed by atoms with Gasteiger partial charge in [-0.2, -0.15) is 5.10 Å². The SMILES string of the molecule is Cc1nn(-c2ccccc2)c(Cl)c1/C=C1\SC(=S)N(CCCCCC(=O)[O-])C1=O. The first-order valence-corrected chi connectivity index (χ1v) is 10.7. The van der Waals surface area contributed by atoms with Crippen LogP contribution in [0.25, 0.3) is 11.8 Å². The lowest BCUT2D eigenvalue weighted by Gasteiger charge is -2.14. The van der Waals surface area contributed by atoms with E-state index in [1.54, 1.807) is 15.7 Å². The van der Waals surface area contributed by atoms with E-state index >= 15 is 0 Å². The number of aromatic nitrogens is 2. The largest absolute Gasteiger partial charge is 0.550 e. The fraction of sp³-hybridized carbons (Fsp3) is 0.300. The van der Waals surface area contributed by atoms with Crippen LogP contribution in [0.2, 0.25) is 5.15 Å². The van der Waals surface area contributed by atoms with E-state index in [0.717, 1.165) is 5.69 Å². The monoisotopic (exact) mass is 448 g/mol. The van der Waals surface area contributed by atoms with Crippen molar-refractivity contribution in [1.29, 1.82) is 0 Å². The minimum Gasteiger partial charge on any atom is -0.550 e. The highest BCUT2D eigenvalue weighted by atomic mass is 35.5. The topological polar surface area (TPSA) is 78.3 Å². The summed E-state index contributed by atoms with van der Waals surface area (Å²) < 4.78 is 2.13. The third kappa shape index (κ3) is 5.07. The number of thiocarbonyl (C=S) groups is 1. The molecule has 9 heteroatoms. The molecule has 152 valence electrons. The lowest BCUT2D eigenvalue weighted by Crippen LogP contribution is -2.29. The van der Waals surface area contributed by atoms with E-state index in [1.807, 2.05) is 37.3 Å². The number of rotatable bonds is 8. The second-order valence-corrected chi connectivity index (χ2v) is 8.59. The van der Waals surface area contributed by atoms with Gasteiger partial charge in [-0.05, 0) is 44.4 Å². The van der Waals surface area contributed by atoms with Crippen molar-refractivity contribution in [3.63, 3.8) is 0 Å². The molecule has 0 spiro atoms. The summed E-state index contributed by atoms with van der Waals surface area (Å²) in [4.78, 5) is 25.3. The maximum absolute atomic E-state index is 12.8. The van der Waals surface area contributed by atoms with Crippen LogP contribution in [0, 0.1) is 6.92 Å². The van der Waals surface area contributed by atoms with Crippen LogP contribution >= 0.6 is 35.6 Å². The number of carboxylic acids is 1. The Balaban J connectivity index is 1.73. The molecule has 0 unspecified atom stereocenters. The molecular formula is C20H19ClN3O3S2-. The predicted molar refractivity (Wildman–Crippen MR) is 117 cm³/mol. The average molecular weight is 449 g/mol. The van der Waals surface area contributed by atoms with Gasteiger partial charge in [-0.25, -0.2) is 4.68 Å². The Kier molecular flexibility index (Phi) is 7.10. The van der Waals surface area contributed by atoms with Crippen molar-refractivity contribution in [2.45, 2.75) is 32.6 Å². The van der Waals surface area contributed by atoms with Crippen molar-refractivity contribution in [3.05, 3.63) is 51.6 Å². The Hall–Kier alpha value is -2.16. The molecule has 0 bridgehead atoms. The second-order valence-electron chi connectivity index (χ2n) is 6.55. The summed E-state index contributed by atoms with van der Waals surface area (Å²) in [6, 6.07) is 9.53. The van der Waals surface area contributed by atoms with Crippen LogP contribution in [0.1, 0.15) is 36.9 Å². The Labute approximate surface area is 183 Å². The van der Waals surface area contributed by atoms with E-state index in [1.165, 1.54) is 11.8 Å². The smallest absolute Gasteiger partial charge is 0.266 e. The molecule has 1 aliphatic rings. The number of nitrogens with zero attached hydrogens (tertiary/aromatic N) is 3. The quantitative estimate of drug-likeness (QED) is 0.350. The Morgan fingerprint density at radius 3 is 2.69 bits per heavy atom. The summed E-state index contributed by atoms with van der Waals surface area (Å²) in [5.74, 6) is -1.22. The van der Waals surface area contributed by atoms with Crippen LogP contribution in [-0.2, 0) is 9.59 Å². The van der Waals surface area contributed by atoms with Gasteiger partial charge in [-0.1, -0.05) is 60.2 Å². The van der Waals surface area contributed by atoms with Crippen molar-refractivity contribution >= 4 is 57.9 Å². The summed E-state index contributed by atoms with van der Waals surface area (Å²) in [6.07, 6.45) is 3.67. The number of unbranched alkanes of at least 4 members (excludes halogenated alkanes) is 2. The van der Waals surface area contributed by atoms with Gasteiger partial charge >= 0.3 is 0 Å². The Morgan fingerprint density at radius 1 is 1.28 bits per heavy atom. The predicted octanol–water partition coefficient (Wildman–Crippen LogP) is 3.35. The first-order valence-electron chi connectivity index (χ1n) is 9.14. The number of thioether (sulfide) groups is 1. The molecule has 1 aliphatic heterocycles. The molecule has 0 aliphatic carbocycles. The summed E-state index contributed by atoms with van der Waals surface area (Å²) in [5, 5.41) is 15.4. The van der Waals surface area contributed by atoms with Crippen molar-refractivity contribution in [1.82, 2.24) is 14.7 Å². The first-order chi connectivity index (χ1) is 13.9. The van der Waals surface area contributed by atoms with Crippen LogP contribution in [0.3, 0.4) is 0 Å². The number of carbonyl (C=O) groups is 2. The number of carboxylic acid groups (broad SMARTS) is 1. The standard InChI is InChI=1S/C20H20ClN3O3S2/c1-13-15(18(21)24(22-13)14-8-4-2-5-9-14)12-16-19(27)23(20(28)29-16)11-7-3-6-10-17(25)26/h2,4-5,8-9,12H,3,6-7,10-11H2,1H3,(H,25,26)/p-1/b16-12-. The molecule has 2 heterocycles. The maximum Gasteiger partial charge on any atom is 0.266 e. The van der Waals surface area contributed by atoms with Crippen LogP contribution in [0.5, 0.6) is 0 Å². The fourth-order valence-corrected chi connectivity index (χ4v) is 4.57. The number of para-hydroxylation sites is 1. The van der Waals surface area contributed by atoms with Gasteiger partial charge in [-0.15, -0.1) is 0 Å². The average Bonchev–Trinajstić information content (AvgIpc) is 3.12. The Bertz CT molecular complexity index is 973. The zero-order chi connectivity index (χ0) is 21.0. The van der Waals surface area contributed by atoms with Crippen LogP contribution in [0.4, 0.5) is 0 Å². The van der Waals surface area contributed by atoms with Gasteiger partial charge in [0.2, 0.25) is 0 Å². The maximum atomic E-state index is 12.8. The minimum atomic E-state index is -1.05. The molecule has 1 aromatic carbocycles. The zero-order valence-electron chi connectivity index (χ0n) is 15.8. The summed E-state index contributed by atoms with van der Waals surface area (Å²) in [6.45, 7) is 2.31. The summed E-state index contributed by atoms with van der Waals surface area (Å²) in [7, 11) is 0. The van der Waals surface area contributed by atoms with E-state index < -0.39 is 5.97 Å². The van der Waals surface area contributed by atoms with Crippen molar-refractivity contribution < 1.29 is 14.7 Å². The lowest BCUT2D eigenvalue weighted by atomic mass is 10.2. The summed E-state index contributed by atoms with van der Waals surface area (Å²) >= 11 is 13.1. The number of carbonyl (C=O) groups excluding carboxylic acids is 2. The van der Waals surface area contributed by atoms with E-state index in [9.17, 15) is 14.7 Å². The normalized spacial score (nSPS) is 15.5. The van der Waals surface area contributed by atoms with Crippen molar-refractivity contribution in [2.75, 3.05) is 6.54 Å². The van der Waals surface area contributed by atoms with E-state index in [4.69, 9.17) is 23.8 Å². The lowest BCUT2D eigenvalue weighted by molar-refractivity contribution is -0.305. The molecule has 1 aromatic heterocycles. The van der Waals surface area contributed by atoms with Crippen molar-refractivity contribution in [2.24, 2.45) is 0 Å². The molecule has 1 amide bonds. The highest BCUT2D eigenvalue weighted by Crippen LogP contribution is 2.35. The van der Waals surface area contributed by atoms with Crippen LogP contribution in [0.15, 0.2) is 35.2 Å². The van der Waals surface area contributed by atoms with Gasteiger partial charge in [0.15, 0.2) is 0 Å². The number of hydrogen-bond acceptors (Lipinski definition) is 6. The van der Waals surface area contributed by atoms with Gasteiger partial charge in [0, 0.05) is 18.1 Å². The molecule has 0 N–H and O–H groups in total. The highest BCUT2D eigenvalue weighted by Gasteiger charge is 2.32.